The van der Waals surface area contributed by atoms with Crippen molar-refractivity contribution in [2.75, 3.05) is 13.7 Å². The topological polar surface area (TPSA) is 81.5 Å². The molecule has 1 N–H and O–H groups in total. The monoisotopic (exact) mass is 358 g/mol. The number of hydrogen-bond acceptors (Lipinski definition) is 4. The maximum atomic E-state index is 12.6. The zero-order chi connectivity index (χ0) is 18.5. The molecule has 0 aromatic heterocycles. The van der Waals surface area contributed by atoms with Crippen molar-refractivity contribution in [3.8, 4) is 0 Å². The average Bonchev–Trinajstić information content (AvgIpc) is 2.60. The van der Waals surface area contributed by atoms with Gasteiger partial charge in [0, 0.05) is 30.8 Å². The van der Waals surface area contributed by atoms with E-state index in [9.17, 15) is 14.9 Å². The summed E-state index contributed by atoms with van der Waals surface area (Å²) in [6.45, 7) is 2.18. The molecule has 1 aromatic carbocycles. The van der Waals surface area contributed by atoms with Crippen molar-refractivity contribution < 1.29 is 14.5 Å². The van der Waals surface area contributed by atoms with Crippen LogP contribution >= 0.6 is 0 Å². The summed E-state index contributed by atoms with van der Waals surface area (Å²) in [6.07, 6.45) is 6.24. The first-order valence-electron chi connectivity index (χ1n) is 9.51. The minimum Gasteiger partial charge on any atom is -0.376 e. The molecule has 4 aliphatic rings. The molecule has 6 heteroatoms. The molecule has 140 valence electrons. The highest BCUT2D eigenvalue weighted by Gasteiger charge is 2.57. The molecule has 26 heavy (non-hydrogen) atoms. The molecule has 0 heterocycles. The van der Waals surface area contributed by atoms with Gasteiger partial charge in [-0.15, -0.1) is 0 Å². The van der Waals surface area contributed by atoms with Gasteiger partial charge < -0.3 is 10.1 Å². The van der Waals surface area contributed by atoms with Crippen LogP contribution in [-0.2, 0) is 4.74 Å². The molecule has 4 bridgehead atoms. The third-order valence-electron chi connectivity index (χ3n) is 7.08. The minimum absolute atomic E-state index is 0.0379. The molecule has 0 aliphatic heterocycles. The Hall–Kier alpha value is -1.95. The van der Waals surface area contributed by atoms with Crippen LogP contribution in [0, 0.1) is 40.7 Å². The van der Waals surface area contributed by atoms with Gasteiger partial charge in [0.05, 0.1) is 10.5 Å². The molecule has 0 spiro atoms. The Kier molecular flexibility index (Phi) is 4.26. The highest BCUT2D eigenvalue weighted by molar-refractivity contribution is 5.94. The summed E-state index contributed by atoms with van der Waals surface area (Å²) < 4.78 is 6.07. The van der Waals surface area contributed by atoms with Crippen molar-refractivity contribution in [2.24, 2.45) is 23.7 Å². The van der Waals surface area contributed by atoms with Gasteiger partial charge in [-0.1, -0.05) is 0 Å². The second-order valence-electron chi connectivity index (χ2n) is 8.40. The number of nitrogens with one attached hydrogen (secondary N) is 1. The number of nitro benzene ring substituents is 1. The van der Waals surface area contributed by atoms with Crippen molar-refractivity contribution >= 4 is 11.6 Å². The van der Waals surface area contributed by atoms with Gasteiger partial charge in [-0.2, -0.15) is 0 Å². The number of carbonyl (C=O) groups excluding carboxylic acids is 1. The van der Waals surface area contributed by atoms with Crippen LogP contribution in [0.25, 0.3) is 0 Å². The first-order chi connectivity index (χ1) is 12.4. The molecule has 6 nitrogen and oxygen atoms in total. The molecule has 1 aromatic rings. The number of rotatable bonds is 5. The Morgan fingerprint density at radius 1 is 1.23 bits per heavy atom. The smallest absolute Gasteiger partial charge is 0.272 e. The molecule has 0 unspecified atom stereocenters. The molecule has 5 rings (SSSR count). The zero-order valence-corrected chi connectivity index (χ0v) is 15.4. The number of nitro groups is 1. The molecule has 0 atom stereocenters. The van der Waals surface area contributed by atoms with E-state index in [2.05, 4.69) is 5.32 Å². The highest BCUT2D eigenvalue weighted by Crippen LogP contribution is 2.59. The lowest BCUT2D eigenvalue weighted by Gasteiger charge is -2.60. The van der Waals surface area contributed by atoms with Gasteiger partial charge in [0.1, 0.15) is 0 Å². The maximum Gasteiger partial charge on any atom is 0.272 e. The Balaban J connectivity index is 1.48. The van der Waals surface area contributed by atoms with E-state index < -0.39 is 4.92 Å². The molecule has 1 amide bonds. The molecule has 4 saturated carbocycles. The maximum absolute atomic E-state index is 12.6. The van der Waals surface area contributed by atoms with Crippen molar-refractivity contribution in [1.29, 1.82) is 0 Å². The summed E-state index contributed by atoms with van der Waals surface area (Å²) >= 11 is 0. The first-order valence-corrected chi connectivity index (χ1v) is 9.51. The third kappa shape index (κ3) is 2.71. The number of hydrogen-bond donors (Lipinski definition) is 1. The van der Waals surface area contributed by atoms with E-state index in [0.29, 0.717) is 29.5 Å². The van der Waals surface area contributed by atoms with E-state index in [-0.39, 0.29) is 17.2 Å². The molecular weight excluding hydrogens is 332 g/mol. The highest BCUT2D eigenvalue weighted by atomic mass is 16.6. The standard InChI is InChI=1S/C20H26N2O4/c1-12-5-15(3-4-18(12)22(24)25)19(23)21-11-20(26-2)16-7-13-6-14(9-16)10-17(20)8-13/h3-5,13-14,16-17H,6-11H2,1-2H3,(H,21,23). The summed E-state index contributed by atoms with van der Waals surface area (Å²) in [5.74, 6) is 2.56. The predicted octanol–water partition coefficient (Wildman–Crippen LogP) is 3.47. The normalized spacial score (nSPS) is 34.7. The fourth-order valence-electron chi connectivity index (χ4n) is 6.00. The number of nitrogens with zero attached hydrogens (tertiary/aromatic N) is 1. The second kappa shape index (κ2) is 6.34. The van der Waals surface area contributed by atoms with Gasteiger partial charge in [0.2, 0.25) is 0 Å². The number of benzene rings is 1. The van der Waals surface area contributed by atoms with E-state index in [1.807, 2.05) is 0 Å². The zero-order valence-electron chi connectivity index (χ0n) is 15.4. The fourth-order valence-corrected chi connectivity index (χ4v) is 6.00. The van der Waals surface area contributed by atoms with E-state index in [0.717, 1.165) is 11.8 Å². The van der Waals surface area contributed by atoms with Crippen molar-refractivity contribution in [2.45, 2.75) is 44.6 Å². The van der Waals surface area contributed by atoms with E-state index in [1.165, 1.54) is 44.2 Å². The van der Waals surface area contributed by atoms with Gasteiger partial charge in [-0.05, 0) is 74.8 Å². The van der Waals surface area contributed by atoms with Crippen molar-refractivity contribution in [3.63, 3.8) is 0 Å². The van der Waals surface area contributed by atoms with Crippen LogP contribution in [0.3, 0.4) is 0 Å². The summed E-state index contributed by atoms with van der Waals surface area (Å²) in [5.41, 5.74) is 0.747. The number of carbonyl (C=O) groups is 1. The lowest BCUT2D eigenvalue weighted by molar-refractivity contribution is -0.385. The SMILES string of the molecule is COC1(CNC(=O)c2ccc([N+](=O)[O-])c(C)c2)C2CC3CC(C2)CC1C3. The number of methoxy groups -OCH3 is 1. The van der Waals surface area contributed by atoms with E-state index in [1.54, 1.807) is 20.1 Å². The molecular formula is C20H26N2O4. The summed E-state index contributed by atoms with van der Waals surface area (Å²) in [5, 5.41) is 14.0. The lowest BCUT2D eigenvalue weighted by atomic mass is 9.49. The van der Waals surface area contributed by atoms with Gasteiger partial charge in [0.25, 0.3) is 11.6 Å². The predicted molar refractivity (Wildman–Crippen MR) is 97.0 cm³/mol. The number of aryl methyl sites for hydroxylation is 1. The van der Waals surface area contributed by atoms with Crippen LogP contribution in [0.4, 0.5) is 5.69 Å². The Labute approximate surface area is 153 Å². The Morgan fingerprint density at radius 2 is 1.85 bits per heavy atom. The first kappa shape index (κ1) is 17.5. The number of ether oxygens (including phenoxy) is 1. The van der Waals surface area contributed by atoms with Gasteiger partial charge in [-0.25, -0.2) is 0 Å². The van der Waals surface area contributed by atoms with Crippen molar-refractivity contribution in [3.05, 3.63) is 39.4 Å². The lowest BCUT2D eigenvalue weighted by Crippen LogP contribution is -2.63. The average molecular weight is 358 g/mol. The Bertz CT molecular complexity index is 717. The summed E-state index contributed by atoms with van der Waals surface area (Å²) in [7, 11) is 1.78. The van der Waals surface area contributed by atoms with Gasteiger partial charge >= 0.3 is 0 Å². The van der Waals surface area contributed by atoms with Crippen molar-refractivity contribution in [1.82, 2.24) is 5.32 Å². The van der Waals surface area contributed by atoms with Crippen LogP contribution in [-0.4, -0.2) is 30.1 Å². The molecule has 4 aliphatic carbocycles. The molecule has 0 saturated heterocycles. The van der Waals surface area contributed by atoms with E-state index in [4.69, 9.17) is 4.74 Å². The van der Waals surface area contributed by atoms with Crippen LogP contribution in [0.1, 0.15) is 48.0 Å². The largest absolute Gasteiger partial charge is 0.376 e. The molecule has 4 fully saturated rings. The fraction of sp³-hybridized carbons (Fsp3) is 0.650. The van der Waals surface area contributed by atoms with Crippen LogP contribution < -0.4 is 5.32 Å². The summed E-state index contributed by atoms with van der Waals surface area (Å²) in [6, 6.07) is 4.51. The number of amides is 1. The van der Waals surface area contributed by atoms with Crippen LogP contribution in [0.2, 0.25) is 0 Å². The van der Waals surface area contributed by atoms with Gasteiger partial charge in [0.15, 0.2) is 0 Å². The summed E-state index contributed by atoms with van der Waals surface area (Å²) in [4.78, 5) is 23.2. The second-order valence-corrected chi connectivity index (χ2v) is 8.40. The van der Waals surface area contributed by atoms with Crippen LogP contribution in [0.15, 0.2) is 18.2 Å². The van der Waals surface area contributed by atoms with E-state index >= 15 is 0 Å². The third-order valence-corrected chi connectivity index (χ3v) is 7.08. The minimum atomic E-state index is -0.425. The van der Waals surface area contributed by atoms with Crippen LogP contribution in [0.5, 0.6) is 0 Å². The Morgan fingerprint density at radius 3 is 2.35 bits per heavy atom. The quantitative estimate of drug-likeness (QED) is 0.645. The molecule has 0 radical (unpaired) electrons. The van der Waals surface area contributed by atoms with Gasteiger partial charge in [-0.3, -0.25) is 14.9 Å².